The fourth-order valence-electron chi connectivity index (χ4n) is 3.17. The topological polar surface area (TPSA) is 137 Å². The standard InChI is InChI=1S/C23H20N2O6/c26-20(23(30)31)18(12-14-6-2-1-3-7-14)25-21(27)16-9-4-8-15(13-16)17-10-5-11-24-19(17)22(28)29/h1-11,13,18,20,26H,12H2,(H,25,27)(H,28,29)(H,30,31)/t18-,20-/m1/s1. The Labute approximate surface area is 177 Å². The number of pyridine rings is 1. The lowest BCUT2D eigenvalue weighted by molar-refractivity contribution is -0.148. The van der Waals surface area contributed by atoms with Crippen LogP contribution in [0.3, 0.4) is 0 Å². The largest absolute Gasteiger partial charge is 0.479 e. The van der Waals surface area contributed by atoms with Crippen molar-refractivity contribution in [3.63, 3.8) is 0 Å². The molecule has 0 aliphatic heterocycles. The second-order valence-electron chi connectivity index (χ2n) is 6.84. The highest BCUT2D eigenvalue weighted by Gasteiger charge is 2.28. The summed E-state index contributed by atoms with van der Waals surface area (Å²) in [4.78, 5) is 39.5. The summed E-state index contributed by atoms with van der Waals surface area (Å²) < 4.78 is 0. The van der Waals surface area contributed by atoms with E-state index in [9.17, 15) is 29.7 Å². The molecule has 31 heavy (non-hydrogen) atoms. The van der Waals surface area contributed by atoms with Gasteiger partial charge in [-0.15, -0.1) is 0 Å². The van der Waals surface area contributed by atoms with Crippen LogP contribution in [0.5, 0.6) is 0 Å². The molecule has 3 aromatic rings. The van der Waals surface area contributed by atoms with Crippen LogP contribution in [0.1, 0.15) is 26.4 Å². The fraction of sp³-hybridized carbons (Fsp3) is 0.130. The SMILES string of the molecule is O=C(N[C@H](Cc1ccccc1)[C@@H](O)C(=O)O)c1cccc(-c2cccnc2C(=O)O)c1. The first-order valence-corrected chi connectivity index (χ1v) is 9.41. The number of benzene rings is 2. The molecular formula is C23H20N2O6. The van der Waals surface area contributed by atoms with Crippen LogP contribution in [0.2, 0.25) is 0 Å². The Morgan fingerprint density at radius 2 is 1.68 bits per heavy atom. The molecule has 2 aromatic carbocycles. The van der Waals surface area contributed by atoms with Gasteiger partial charge in [0.1, 0.15) is 0 Å². The average molecular weight is 420 g/mol. The number of nitrogens with one attached hydrogen (secondary N) is 1. The highest BCUT2D eigenvalue weighted by atomic mass is 16.4. The zero-order valence-electron chi connectivity index (χ0n) is 16.3. The van der Waals surface area contributed by atoms with Gasteiger partial charge < -0.3 is 20.6 Å². The minimum atomic E-state index is -1.80. The highest BCUT2D eigenvalue weighted by molar-refractivity contribution is 5.98. The van der Waals surface area contributed by atoms with Gasteiger partial charge in [0, 0.05) is 17.3 Å². The number of nitrogens with zero attached hydrogens (tertiary/aromatic N) is 1. The van der Waals surface area contributed by atoms with Crippen LogP contribution in [-0.2, 0) is 11.2 Å². The Morgan fingerprint density at radius 3 is 2.35 bits per heavy atom. The van der Waals surface area contributed by atoms with Crippen LogP contribution in [-0.4, -0.2) is 50.3 Å². The van der Waals surface area contributed by atoms with Gasteiger partial charge in [0.05, 0.1) is 6.04 Å². The molecule has 0 aliphatic rings. The number of aromatic carboxylic acids is 1. The molecule has 0 unspecified atom stereocenters. The summed E-state index contributed by atoms with van der Waals surface area (Å²) in [6.45, 7) is 0. The van der Waals surface area contributed by atoms with Gasteiger partial charge in [0.25, 0.3) is 5.91 Å². The molecule has 2 atom stereocenters. The number of carbonyl (C=O) groups excluding carboxylic acids is 1. The average Bonchev–Trinajstić information content (AvgIpc) is 2.78. The van der Waals surface area contributed by atoms with Crippen molar-refractivity contribution < 1.29 is 29.7 Å². The molecule has 0 saturated heterocycles. The van der Waals surface area contributed by atoms with Crippen LogP contribution >= 0.6 is 0 Å². The second kappa shape index (κ2) is 9.64. The molecule has 0 radical (unpaired) electrons. The van der Waals surface area contributed by atoms with Gasteiger partial charge >= 0.3 is 11.9 Å². The molecule has 4 N–H and O–H groups in total. The number of carbonyl (C=O) groups is 3. The van der Waals surface area contributed by atoms with Gasteiger partial charge in [-0.1, -0.05) is 48.5 Å². The van der Waals surface area contributed by atoms with Gasteiger partial charge in [-0.05, 0) is 35.7 Å². The van der Waals surface area contributed by atoms with E-state index in [0.29, 0.717) is 11.1 Å². The summed E-state index contributed by atoms with van der Waals surface area (Å²) in [5, 5.41) is 31.2. The summed E-state index contributed by atoms with van der Waals surface area (Å²) in [6, 6.07) is 17.2. The molecule has 1 heterocycles. The number of carboxylic acid groups (broad SMARTS) is 2. The van der Waals surface area contributed by atoms with Crippen molar-refractivity contribution in [1.82, 2.24) is 10.3 Å². The maximum atomic E-state index is 12.8. The first-order valence-electron chi connectivity index (χ1n) is 9.41. The number of rotatable bonds is 8. The molecule has 1 aromatic heterocycles. The lowest BCUT2D eigenvalue weighted by Gasteiger charge is -2.22. The molecule has 3 rings (SSSR count). The third-order valence-electron chi connectivity index (χ3n) is 4.70. The third kappa shape index (κ3) is 5.31. The number of hydrogen-bond acceptors (Lipinski definition) is 5. The van der Waals surface area contributed by atoms with Gasteiger partial charge in [-0.25, -0.2) is 14.6 Å². The molecule has 0 aliphatic carbocycles. The highest BCUT2D eigenvalue weighted by Crippen LogP contribution is 2.23. The van der Waals surface area contributed by atoms with Gasteiger partial charge in [-0.3, -0.25) is 4.79 Å². The Kier molecular flexibility index (Phi) is 6.74. The fourth-order valence-corrected chi connectivity index (χ4v) is 3.17. The van der Waals surface area contributed by atoms with Crippen molar-refractivity contribution in [2.45, 2.75) is 18.6 Å². The van der Waals surface area contributed by atoms with Gasteiger partial charge in [0.15, 0.2) is 11.8 Å². The summed E-state index contributed by atoms with van der Waals surface area (Å²) in [5.41, 5.74) is 1.60. The number of aliphatic hydroxyl groups is 1. The molecule has 8 nitrogen and oxygen atoms in total. The van der Waals surface area contributed by atoms with Crippen molar-refractivity contribution in [1.29, 1.82) is 0 Å². The molecule has 8 heteroatoms. The first kappa shape index (κ1) is 21.7. The van der Waals surface area contributed by atoms with Crippen LogP contribution < -0.4 is 5.32 Å². The van der Waals surface area contributed by atoms with Crippen molar-refractivity contribution >= 4 is 17.8 Å². The van der Waals surface area contributed by atoms with E-state index in [1.54, 1.807) is 54.6 Å². The van der Waals surface area contributed by atoms with Crippen LogP contribution in [0, 0.1) is 0 Å². The summed E-state index contributed by atoms with van der Waals surface area (Å²) in [5.74, 6) is -3.24. The predicted molar refractivity (Wildman–Crippen MR) is 112 cm³/mol. The van der Waals surface area contributed by atoms with Crippen molar-refractivity contribution in [2.75, 3.05) is 0 Å². The molecule has 0 fully saturated rings. The number of aliphatic hydroxyl groups excluding tert-OH is 1. The third-order valence-corrected chi connectivity index (χ3v) is 4.70. The Morgan fingerprint density at radius 1 is 0.935 bits per heavy atom. The molecule has 1 amide bonds. The van der Waals surface area contributed by atoms with Gasteiger partial charge in [-0.2, -0.15) is 0 Å². The first-order chi connectivity index (χ1) is 14.9. The zero-order valence-corrected chi connectivity index (χ0v) is 16.3. The van der Waals surface area contributed by atoms with E-state index in [1.807, 2.05) is 0 Å². The number of carboxylic acids is 2. The minimum absolute atomic E-state index is 0.117. The quantitative estimate of drug-likeness (QED) is 0.439. The van der Waals surface area contributed by atoms with Crippen molar-refractivity contribution in [2.24, 2.45) is 0 Å². The van der Waals surface area contributed by atoms with E-state index in [1.165, 1.54) is 18.3 Å². The minimum Gasteiger partial charge on any atom is -0.479 e. The predicted octanol–water partition coefficient (Wildman–Crippen LogP) is 2.23. The monoisotopic (exact) mass is 420 g/mol. The Balaban J connectivity index is 1.87. The molecule has 0 bridgehead atoms. The molecular weight excluding hydrogens is 400 g/mol. The summed E-state index contributed by atoms with van der Waals surface area (Å²) in [6.07, 6.45) is -0.319. The van der Waals surface area contributed by atoms with E-state index in [-0.39, 0.29) is 17.7 Å². The Hall–Kier alpha value is -4.04. The Bertz CT molecular complexity index is 1100. The number of amides is 1. The van der Waals surface area contributed by atoms with Crippen molar-refractivity contribution in [3.8, 4) is 11.1 Å². The number of aliphatic carboxylic acids is 1. The van der Waals surface area contributed by atoms with Gasteiger partial charge in [0.2, 0.25) is 0 Å². The molecule has 0 spiro atoms. The molecule has 158 valence electrons. The van der Waals surface area contributed by atoms with E-state index >= 15 is 0 Å². The lowest BCUT2D eigenvalue weighted by Crippen LogP contribution is -2.48. The van der Waals surface area contributed by atoms with E-state index in [2.05, 4.69) is 10.3 Å². The lowest BCUT2D eigenvalue weighted by atomic mass is 9.99. The van der Waals surface area contributed by atoms with Crippen LogP contribution in [0.15, 0.2) is 72.9 Å². The number of hydrogen-bond donors (Lipinski definition) is 4. The van der Waals surface area contributed by atoms with E-state index < -0.39 is 30.0 Å². The number of aromatic nitrogens is 1. The van der Waals surface area contributed by atoms with Crippen molar-refractivity contribution in [3.05, 3.63) is 89.7 Å². The second-order valence-corrected chi connectivity index (χ2v) is 6.84. The summed E-state index contributed by atoms with van der Waals surface area (Å²) in [7, 11) is 0. The van der Waals surface area contributed by atoms with E-state index in [4.69, 9.17) is 0 Å². The van der Waals surface area contributed by atoms with E-state index in [0.717, 1.165) is 5.56 Å². The maximum Gasteiger partial charge on any atom is 0.355 e. The maximum absolute atomic E-state index is 12.8. The smallest absolute Gasteiger partial charge is 0.355 e. The van der Waals surface area contributed by atoms with Crippen LogP contribution in [0.4, 0.5) is 0 Å². The molecule has 0 saturated carbocycles. The van der Waals surface area contributed by atoms with Crippen LogP contribution in [0.25, 0.3) is 11.1 Å². The zero-order chi connectivity index (χ0) is 22.4. The summed E-state index contributed by atoms with van der Waals surface area (Å²) >= 11 is 0. The normalized spacial score (nSPS) is 12.5.